The van der Waals surface area contributed by atoms with Gasteiger partial charge in [-0.2, -0.15) is 0 Å². The van der Waals surface area contributed by atoms with Crippen LogP contribution in [0.4, 0.5) is 0 Å². The van der Waals surface area contributed by atoms with Crippen molar-refractivity contribution in [2.75, 3.05) is 40.3 Å². The van der Waals surface area contributed by atoms with E-state index in [1.807, 2.05) is 37.2 Å². The summed E-state index contributed by atoms with van der Waals surface area (Å²) in [5, 5.41) is 9.15. The summed E-state index contributed by atoms with van der Waals surface area (Å²) in [4.78, 5) is 26.3. The molecule has 0 unspecified atom stereocenters. The maximum absolute atomic E-state index is 12.2. The van der Waals surface area contributed by atoms with E-state index in [2.05, 4.69) is 16.0 Å². The molecule has 24 heavy (non-hydrogen) atoms. The number of nitrogens with zero attached hydrogens (tertiary/aromatic N) is 1. The van der Waals surface area contributed by atoms with Crippen LogP contribution in [0.15, 0.2) is 24.3 Å². The van der Waals surface area contributed by atoms with Crippen molar-refractivity contribution in [3.63, 3.8) is 0 Å². The van der Waals surface area contributed by atoms with Crippen LogP contribution in [0.1, 0.15) is 28.8 Å². The number of hydrogen-bond donors (Lipinski definition) is 3. The first-order chi connectivity index (χ1) is 11.6. The number of benzene rings is 1. The molecule has 6 heteroatoms. The van der Waals surface area contributed by atoms with Crippen molar-refractivity contribution in [1.82, 2.24) is 20.9 Å². The SMILES string of the molecule is CN(C)CCNC(=O)c1cccc(CNC(=O)C2CCNCC2)c1. The summed E-state index contributed by atoms with van der Waals surface area (Å²) in [6.45, 7) is 3.68. The molecule has 1 aromatic rings. The number of rotatable bonds is 7. The smallest absolute Gasteiger partial charge is 0.251 e. The Balaban J connectivity index is 1.83. The van der Waals surface area contributed by atoms with Gasteiger partial charge in [-0.15, -0.1) is 0 Å². The van der Waals surface area contributed by atoms with Crippen molar-refractivity contribution in [2.24, 2.45) is 5.92 Å². The topological polar surface area (TPSA) is 73.5 Å². The van der Waals surface area contributed by atoms with E-state index in [9.17, 15) is 9.59 Å². The van der Waals surface area contributed by atoms with E-state index in [0.717, 1.165) is 38.0 Å². The van der Waals surface area contributed by atoms with E-state index >= 15 is 0 Å². The predicted octanol–water partition coefficient (Wildman–Crippen LogP) is 0.594. The Morgan fingerprint density at radius 3 is 2.67 bits per heavy atom. The summed E-state index contributed by atoms with van der Waals surface area (Å²) in [5.41, 5.74) is 1.57. The second-order valence-corrected chi connectivity index (χ2v) is 6.50. The fourth-order valence-electron chi connectivity index (χ4n) is 2.74. The van der Waals surface area contributed by atoms with E-state index in [1.54, 1.807) is 6.07 Å². The fraction of sp³-hybridized carbons (Fsp3) is 0.556. The lowest BCUT2D eigenvalue weighted by atomic mass is 9.97. The first-order valence-corrected chi connectivity index (χ1v) is 8.56. The van der Waals surface area contributed by atoms with Crippen LogP contribution in [0.3, 0.4) is 0 Å². The zero-order valence-corrected chi connectivity index (χ0v) is 14.6. The molecule has 1 aliphatic rings. The van der Waals surface area contributed by atoms with Gasteiger partial charge in [-0.3, -0.25) is 9.59 Å². The quantitative estimate of drug-likeness (QED) is 0.683. The molecule has 0 aromatic heterocycles. The van der Waals surface area contributed by atoms with Crippen molar-refractivity contribution in [1.29, 1.82) is 0 Å². The predicted molar refractivity (Wildman–Crippen MR) is 94.8 cm³/mol. The van der Waals surface area contributed by atoms with Crippen LogP contribution < -0.4 is 16.0 Å². The summed E-state index contributed by atoms with van der Waals surface area (Å²) in [6, 6.07) is 7.42. The summed E-state index contributed by atoms with van der Waals surface area (Å²) < 4.78 is 0. The van der Waals surface area contributed by atoms with Gasteiger partial charge in [-0.25, -0.2) is 0 Å². The average Bonchev–Trinajstić information content (AvgIpc) is 2.60. The molecule has 0 saturated carbocycles. The summed E-state index contributed by atoms with van der Waals surface area (Å²) in [7, 11) is 3.94. The molecular weight excluding hydrogens is 304 g/mol. The van der Waals surface area contributed by atoms with E-state index in [-0.39, 0.29) is 17.7 Å². The van der Waals surface area contributed by atoms with Crippen molar-refractivity contribution in [2.45, 2.75) is 19.4 Å². The van der Waals surface area contributed by atoms with E-state index in [1.165, 1.54) is 0 Å². The first kappa shape index (κ1) is 18.4. The highest BCUT2D eigenvalue weighted by Gasteiger charge is 2.20. The van der Waals surface area contributed by atoms with Crippen LogP contribution in [0.2, 0.25) is 0 Å². The molecule has 2 amide bonds. The number of nitrogens with one attached hydrogen (secondary N) is 3. The number of carbonyl (C=O) groups excluding carboxylic acids is 2. The van der Waals surface area contributed by atoms with Gasteiger partial charge in [0.15, 0.2) is 0 Å². The zero-order valence-electron chi connectivity index (χ0n) is 14.6. The van der Waals surface area contributed by atoms with Crippen molar-refractivity contribution >= 4 is 11.8 Å². The minimum absolute atomic E-state index is 0.0802. The fourth-order valence-corrected chi connectivity index (χ4v) is 2.74. The Labute approximate surface area is 144 Å². The molecule has 0 atom stereocenters. The molecule has 0 spiro atoms. The van der Waals surface area contributed by atoms with Gasteiger partial charge in [-0.1, -0.05) is 12.1 Å². The summed E-state index contributed by atoms with van der Waals surface area (Å²) in [5.74, 6) is 0.129. The number of likely N-dealkylation sites (N-methyl/N-ethyl adjacent to an activating group) is 1. The van der Waals surface area contributed by atoms with Crippen molar-refractivity contribution < 1.29 is 9.59 Å². The standard InChI is InChI=1S/C18H28N4O2/c1-22(2)11-10-20-18(24)16-5-3-4-14(12-16)13-21-17(23)15-6-8-19-9-7-15/h3-5,12,15,19H,6-11,13H2,1-2H3,(H,20,24)(H,21,23). The molecule has 1 aliphatic heterocycles. The van der Waals surface area contributed by atoms with Crippen LogP contribution in [-0.4, -0.2) is 57.0 Å². The highest BCUT2D eigenvalue weighted by Crippen LogP contribution is 2.12. The van der Waals surface area contributed by atoms with Gasteiger partial charge in [-0.05, 0) is 57.7 Å². The van der Waals surface area contributed by atoms with Crippen LogP contribution in [0.25, 0.3) is 0 Å². The molecule has 2 rings (SSSR count). The minimum atomic E-state index is -0.0802. The Morgan fingerprint density at radius 1 is 1.21 bits per heavy atom. The summed E-state index contributed by atoms with van der Waals surface area (Å²) in [6.07, 6.45) is 1.78. The van der Waals surface area contributed by atoms with Crippen LogP contribution in [-0.2, 0) is 11.3 Å². The lowest BCUT2D eigenvalue weighted by molar-refractivity contribution is -0.125. The molecule has 132 valence electrons. The molecule has 6 nitrogen and oxygen atoms in total. The van der Waals surface area contributed by atoms with Crippen molar-refractivity contribution in [3.05, 3.63) is 35.4 Å². The van der Waals surface area contributed by atoms with Gasteiger partial charge >= 0.3 is 0 Å². The third-order valence-electron chi connectivity index (χ3n) is 4.21. The molecule has 1 aromatic carbocycles. The molecule has 0 bridgehead atoms. The second kappa shape index (κ2) is 9.39. The second-order valence-electron chi connectivity index (χ2n) is 6.50. The Hall–Kier alpha value is -1.92. The number of carbonyl (C=O) groups is 2. The number of amides is 2. The highest BCUT2D eigenvalue weighted by atomic mass is 16.2. The average molecular weight is 332 g/mol. The van der Waals surface area contributed by atoms with Gasteiger partial charge in [0.2, 0.25) is 5.91 Å². The summed E-state index contributed by atoms with van der Waals surface area (Å²) >= 11 is 0. The van der Waals surface area contributed by atoms with Gasteiger partial charge in [0.1, 0.15) is 0 Å². The molecule has 1 heterocycles. The van der Waals surface area contributed by atoms with Gasteiger partial charge in [0.05, 0.1) is 0 Å². The monoisotopic (exact) mass is 332 g/mol. The molecule has 1 fully saturated rings. The van der Waals surface area contributed by atoms with E-state index in [4.69, 9.17) is 0 Å². The molecular formula is C18H28N4O2. The van der Waals surface area contributed by atoms with Gasteiger partial charge < -0.3 is 20.9 Å². The van der Waals surface area contributed by atoms with Gasteiger partial charge in [0, 0.05) is 31.1 Å². The zero-order chi connectivity index (χ0) is 17.4. The molecule has 3 N–H and O–H groups in total. The maximum Gasteiger partial charge on any atom is 0.251 e. The molecule has 0 aliphatic carbocycles. The Bertz CT molecular complexity index is 554. The van der Waals surface area contributed by atoms with E-state index in [0.29, 0.717) is 18.7 Å². The number of piperidine rings is 1. The normalized spacial score (nSPS) is 15.3. The van der Waals surface area contributed by atoms with Crippen molar-refractivity contribution in [3.8, 4) is 0 Å². The largest absolute Gasteiger partial charge is 0.352 e. The van der Waals surface area contributed by atoms with Crippen LogP contribution >= 0.6 is 0 Å². The van der Waals surface area contributed by atoms with E-state index < -0.39 is 0 Å². The van der Waals surface area contributed by atoms with Crippen LogP contribution in [0.5, 0.6) is 0 Å². The lowest BCUT2D eigenvalue weighted by Gasteiger charge is -2.21. The Kier molecular flexibility index (Phi) is 7.21. The lowest BCUT2D eigenvalue weighted by Crippen LogP contribution is -2.37. The number of hydrogen-bond acceptors (Lipinski definition) is 4. The maximum atomic E-state index is 12.2. The first-order valence-electron chi connectivity index (χ1n) is 8.56. The van der Waals surface area contributed by atoms with Crippen LogP contribution in [0, 0.1) is 5.92 Å². The molecule has 1 saturated heterocycles. The third kappa shape index (κ3) is 5.94. The minimum Gasteiger partial charge on any atom is -0.352 e. The molecule has 0 radical (unpaired) electrons. The van der Waals surface area contributed by atoms with Gasteiger partial charge in [0.25, 0.3) is 5.91 Å². The third-order valence-corrected chi connectivity index (χ3v) is 4.21. The Morgan fingerprint density at radius 2 is 1.96 bits per heavy atom. The highest BCUT2D eigenvalue weighted by molar-refractivity contribution is 5.94.